The molecule has 0 bridgehead atoms. The highest BCUT2D eigenvalue weighted by Crippen LogP contribution is 2.24. The number of fused-ring (bicyclic) bond motifs is 1. The number of amides is 1. The van der Waals surface area contributed by atoms with Crippen molar-refractivity contribution >= 4 is 22.9 Å². The molecule has 0 radical (unpaired) electrons. The van der Waals surface area contributed by atoms with Gasteiger partial charge in [-0.25, -0.2) is 9.97 Å². The summed E-state index contributed by atoms with van der Waals surface area (Å²) < 4.78 is 6.94. The minimum atomic E-state index is 0.217. The molecular formula is C25H27N7O2. The molecule has 1 aliphatic rings. The maximum absolute atomic E-state index is 12.7. The topological polar surface area (TPSA) is 89.3 Å². The van der Waals surface area contributed by atoms with Crippen LogP contribution in [0, 0.1) is 0 Å². The maximum atomic E-state index is 12.7. The van der Waals surface area contributed by atoms with Gasteiger partial charge in [0.1, 0.15) is 12.1 Å². The Labute approximate surface area is 198 Å². The summed E-state index contributed by atoms with van der Waals surface area (Å²) in [7, 11) is 1.64. The second-order valence-electron chi connectivity index (χ2n) is 8.28. The number of hydrogen-bond acceptors (Lipinski definition) is 7. The monoisotopic (exact) mass is 457 g/mol. The molecule has 174 valence electrons. The summed E-state index contributed by atoms with van der Waals surface area (Å²) in [6.45, 7) is 2.74. The lowest BCUT2D eigenvalue weighted by Crippen LogP contribution is -2.49. The summed E-state index contributed by atoms with van der Waals surface area (Å²) in [4.78, 5) is 25.7. The molecule has 0 aliphatic carbocycles. The van der Waals surface area contributed by atoms with Gasteiger partial charge in [-0.1, -0.05) is 35.5 Å². The van der Waals surface area contributed by atoms with Crippen LogP contribution in [0.3, 0.4) is 0 Å². The summed E-state index contributed by atoms with van der Waals surface area (Å²) in [5, 5.41) is 8.68. The zero-order valence-electron chi connectivity index (χ0n) is 19.2. The number of hydrogen-bond donors (Lipinski definition) is 0. The number of rotatable bonds is 7. The first-order valence-corrected chi connectivity index (χ1v) is 11.5. The van der Waals surface area contributed by atoms with E-state index in [1.807, 2.05) is 47.4 Å². The minimum absolute atomic E-state index is 0.217. The molecule has 0 saturated carbocycles. The molecule has 1 aliphatic heterocycles. The molecular weight excluding hydrogens is 430 g/mol. The first-order chi connectivity index (χ1) is 16.7. The van der Waals surface area contributed by atoms with E-state index in [1.54, 1.807) is 18.1 Å². The van der Waals surface area contributed by atoms with Crippen LogP contribution in [0.5, 0.6) is 5.75 Å². The molecule has 0 unspecified atom stereocenters. The Balaban J connectivity index is 1.22. The molecule has 9 nitrogen and oxygen atoms in total. The molecule has 0 atom stereocenters. The third kappa shape index (κ3) is 4.54. The van der Waals surface area contributed by atoms with Crippen LogP contribution >= 0.6 is 0 Å². The summed E-state index contributed by atoms with van der Waals surface area (Å²) >= 11 is 0. The van der Waals surface area contributed by atoms with E-state index < -0.39 is 0 Å². The number of carbonyl (C=O) groups excluding carboxylic acids is 1. The molecule has 1 amide bonds. The summed E-state index contributed by atoms with van der Waals surface area (Å²) in [5.74, 6) is 1.74. The highest BCUT2D eigenvalue weighted by molar-refractivity contribution is 5.84. The standard InChI is InChI=1S/C25H27N7O2/c1-34-21-12-10-20(11-13-21)32-25-23(28-29-32)24(26-18-27-25)31-16-14-30(15-17-31)22(33)9-5-8-19-6-3-2-4-7-19/h2-4,6-7,10-13,18H,5,8-9,14-17H2,1H3. The number of aromatic nitrogens is 5. The van der Waals surface area contributed by atoms with Crippen LogP contribution in [0.15, 0.2) is 60.9 Å². The zero-order chi connectivity index (χ0) is 23.3. The van der Waals surface area contributed by atoms with E-state index in [2.05, 4.69) is 37.3 Å². The van der Waals surface area contributed by atoms with Gasteiger partial charge in [0.05, 0.1) is 12.8 Å². The number of ether oxygens (including phenoxy) is 1. The molecule has 2 aromatic heterocycles. The van der Waals surface area contributed by atoms with Crippen molar-refractivity contribution in [3.05, 3.63) is 66.5 Å². The van der Waals surface area contributed by atoms with E-state index in [0.29, 0.717) is 43.8 Å². The van der Waals surface area contributed by atoms with Crippen LogP contribution < -0.4 is 9.64 Å². The molecule has 2 aromatic carbocycles. The maximum Gasteiger partial charge on any atom is 0.222 e. The Kier molecular flexibility index (Phi) is 6.33. The van der Waals surface area contributed by atoms with Crippen molar-refractivity contribution < 1.29 is 9.53 Å². The normalized spacial score (nSPS) is 13.9. The van der Waals surface area contributed by atoms with Gasteiger partial charge in [0.25, 0.3) is 0 Å². The van der Waals surface area contributed by atoms with E-state index >= 15 is 0 Å². The quantitative estimate of drug-likeness (QED) is 0.422. The first-order valence-electron chi connectivity index (χ1n) is 11.5. The molecule has 0 N–H and O–H groups in total. The lowest BCUT2D eigenvalue weighted by molar-refractivity contribution is -0.131. The van der Waals surface area contributed by atoms with Crippen molar-refractivity contribution in [2.45, 2.75) is 19.3 Å². The second kappa shape index (κ2) is 9.86. The third-order valence-electron chi connectivity index (χ3n) is 6.17. The van der Waals surface area contributed by atoms with E-state index in [0.717, 1.165) is 30.1 Å². The summed E-state index contributed by atoms with van der Waals surface area (Å²) in [6, 6.07) is 17.9. The van der Waals surface area contributed by atoms with Crippen LogP contribution in [0.4, 0.5) is 5.82 Å². The number of carbonyl (C=O) groups is 1. The Hall–Kier alpha value is -4.01. The smallest absolute Gasteiger partial charge is 0.222 e. The van der Waals surface area contributed by atoms with Gasteiger partial charge < -0.3 is 14.5 Å². The fourth-order valence-corrected chi connectivity index (χ4v) is 4.28. The molecule has 34 heavy (non-hydrogen) atoms. The van der Waals surface area contributed by atoms with Crippen molar-refractivity contribution in [1.82, 2.24) is 29.9 Å². The van der Waals surface area contributed by atoms with Crippen molar-refractivity contribution in [1.29, 1.82) is 0 Å². The van der Waals surface area contributed by atoms with Crippen molar-refractivity contribution in [2.75, 3.05) is 38.2 Å². The number of benzene rings is 2. The van der Waals surface area contributed by atoms with Crippen LogP contribution in [0.2, 0.25) is 0 Å². The van der Waals surface area contributed by atoms with Crippen LogP contribution in [0.25, 0.3) is 16.9 Å². The average molecular weight is 458 g/mol. The van der Waals surface area contributed by atoms with E-state index in [9.17, 15) is 4.79 Å². The average Bonchev–Trinajstić information content (AvgIpc) is 3.34. The third-order valence-corrected chi connectivity index (χ3v) is 6.17. The number of nitrogens with zero attached hydrogens (tertiary/aromatic N) is 7. The van der Waals surface area contributed by atoms with Gasteiger partial charge in [-0.05, 0) is 42.7 Å². The largest absolute Gasteiger partial charge is 0.497 e. The van der Waals surface area contributed by atoms with Crippen molar-refractivity contribution in [2.24, 2.45) is 0 Å². The van der Waals surface area contributed by atoms with Gasteiger partial charge in [0.15, 0.2) is 17.0 Å². The molecule has 5 rings (SSSR count). The molecule has 1 fully saturated rings. The summed E-state index contributed by atoms with van der Waals surface area (Å²) in [6.07, 6.45) is 3.91. The predicted molar refractivity (Wildman–Crippen MR) is 129 cm³/mol. The van der Waals surface area contributed by atoms with Gasteiger partial charge in [-0.2, -0.15) is 4.68 Å². The molecule has 0 spiro atoms. The summed E-state index contributed by atoms with van der Waals surface area (Å²) in [5.41, 5.74) is 3.42. The van der Waals surface area contributed by atoms with Gasteiger partial charge >= 0.3 is 0 Å². The number of aryl methyl sites for hydroxylation is 1. The Morgan fingerprint density at radius 1 is 0.971 bits per heavy atom. The van der Waals surface area contributed by atoms with Crippen molar-refractivity contribution in [3.63, 3.8) is 0 Å². The lowest BCUT2D eigenvalue weighted by atomic mass is 10.1. The number of anilines is 1. The highest BCUT2D eigenvalue weighted by atomic mass is 16.5. The highest BCUT2D eigenvalue weighted by Gasteiger charge is 2.24. The Morgan fingerprint density at radius 2 is 1.74 bits per heavy atom. The Bertz CT molecular complexity index is 1250. The van der Waals surface area contributed by atoms with Crippen LogP contribution in [-0.2, 0) is 11.2 Å². The van der Waals surface area contributed by atoms with Gasteiger partial charge in [-0.15, -0.1) is 5.10 Å². The zero-order valence-corrected chi connectivity index (χ0v) is 19.2. The van der Waals surface area contributed by atoms with Gasteiger partial charge in [0, 0.05) is 32.6 Å². The lowest BCUT2D eigenvalue weighted by Gasteiger charge is -2.35. The molecule has 1 saturated heterocycles. The van der Waals surface area contributed by atoms with E-state index in [-0.39, 0.29) is 5.91 Å². The van der Waals surface area contributed by atoms with Crippen LogP contribution in [0.1, 0.15) is 18.4 Å². The van der Waals surface area contributed by atoms with Crippen LogP contribution in [-0.4, -0.2) is 69.1 Å². The Morgan fingerprint density at radius 3 is 2.47 bits per heavy atom. The molecule has 9 heteroatoms. The SMILES string of the molecule is COc1ccc(-n2nnc3c(N4CCN(C(=O)CCCc5ccccc5)CC4)ncnc32)cc1. The molecule has 3 heterocycles. The van der Waals surface area contributed by atoms with Gasteiger partial charge in [0.2, 0.25) is 5.91 Å². The number of piperazine rings is 1. The fourth-order valence-electron chi connectivity index (χ4n) is 4.28. The number of methoxy groups -OCH3 is 1. The van der Waals surface area contributed by atoms with Crippen molar-refractivity contribution in [3.8, 4) is 11.4 Å². The minimum Gasteiger partial charge on any atom is -0.497 e. The predicted octanol–water partition coefficient (Wildman–Crippen LogP) is 2.89. The first kappa shape index (κ1) is 21.8. The molecule has 4 aromatic rings. The second-order valence-corrected chi connectivity index (χ2v) is 8.28. The van der Waals surface area contributed by atoms with E-state index in [1.165, 1.54) is 5.56 Å². The fraction of sp³-hybridized carbons (Fsp3) is 0.320. The van der Waals surface area contributed by atoms with Gasteiger partial charge in [-0.3, -0.25) is 4.79 Å². The van der Waals surface area contributed by atoms with E-state index in [4.69, 9.17) is 4.74 Å².